The summed E-state index contributed by atoms with van der Waals surface area (Å²) in [5.74, 6) is -0.431. The SMILES string of the molecule is N/C(=N\OC(=O)c1ccc([N+](=O)[O-])cc1)c1ccc(Oc2ccc(C(F)(F)F)cc2)cc1. The van der Waals surface area contributed by atoms with Crippen LogP contribution in [0.2, 0.25) is 0 Å². The number of amidine groups is 1. The highest BCUT2D eigenvalue weighted by molar-refractivity contribution is 5.98. The van der Waals surface area contributed by atoms with Crippen LogP contribution in [0.5, 0.6) is 11.5 Å². The second kappa shape index (κ2) is 9.16. The van der Waals surface area contributed by atoms with Crippen LogP contribution in [-0.4, -0.2) is 16.7 Å². The van der Waals surface area contributed by atoms with Crippen LogP contribution in [-0.2, 0) is 11.0 Å². The van der Waals surface area contributed by atoms with E-state index in [4.69, 9.17) is 15.3 Å². The minimum atomic E-state index is -4.43. The van der Waals surface area contributed by atoms with Gasteiger partial charge in [0.1, 0.15) is 11.5 Å². The molecule has 0 bridgehead atoms. The zero-order valence-corrected chi connectivity index (χ0v) is 16.1. The average molecular weight is 445 g/mol. The number of carbonyl (C=O) groups excluding carboxylic acids is 1. The van der Waals surface area contributed by atoms with Crippen LogP contribution >= 0.6 is 0 Å². The molecule has 0 unspecified atom stereocenters. The summed E-state index contributed by atoms with van der Waals surface area (Å²) in [5, 5.41) is 14.2. The van der Waals surface area contributed by atoms with Crippen molar-refractivity contribution < 1.29 is 32.5 Å². The second-order valence-corrected chi connectivity index (χ2v) is 6.31. The first-order valence-corrected chi connectivity index (χ1v) is 8.88. The Morgan fingerprint density at radius 3 is 1.88 bits per heavy atom. The summed E-state index contributed by atoms with van der Waals surface area (Å²) < 4.78 is 43.3. The quantitative estimate of drug-likeness (QED) is 0.190. The predicted molar refractivity (Wildman–Crippen MR) is 107 cm³/mol. The largest absolute Gasteiger partial charge is 0.457 e. The van der Waals surface area contributed by atoms with Gasteiger partial charge in [-0.15, -0.1) is 0 Å². The number of halogens is 3. The van der Waals surface area contributed by atoms with Gasteiger partial charge in [-0.1, -0.05) is 5.16 Å². The third-order valence-electron chi connectivity index (χ3n) is 4.11. The number of alkyl halides is 3. The average Bonchev–Trinajstić information content (AvgIpc) is 2.77. The highest BCUT2D eigenvalue weighted by atomic mass is 19.4. The lowest BCUT2D eigenvalue weighted by Crippen LogP contribution is -2.15. The molecule has 3 rings (SSSR count). The molecule has 8 nitrogen and oxygen atoms in total. The number of nitro benzene ring substituents is 1. The molecular weight excluding hydrogens is 431 g/mol. The monoisotopic (exact) mass is 445 g/mol. The zero-order chi connectivity index (χ0) is 23.3. The molecule has 0 saturated heterocycles. The van der Waals surface area contributed by atoms with Crippen LogP contribution in [0.3, 0.4) is 0 Å². The fraction of sp³-hybridized carbons (Fsp3) is 0.0476. The van der Waals surface area contributed by atoms with Crippen molar-refractivity contribution in [2.24, 2.45) is 10.9 Å². The van der Waals surface area contributed by atoms with E-state index in [9.17, 15) is 28.1 Å². The first-order valence-electron chi connectivity index (χ1n) is 8.88. The van der Waals surface area contributed by atoms with E-state index in [1.165, 1.54) is 48.5 Å². The Kier molecular flexibility index (Phi) is 6.38. The molecule has 0 aliphatic carbocycles. The van der Waals surface area contributed by atoms with Crippen LogP contribution in [0.25, 0.3) is 0 Å². The Hall–Kier alpha value is -4.41. The maximum absolute atomic E-state index is 12.6. The van der Waals surface area contributed by atoms with Gasteiger partial charge in [0.2, 0.25) is 0 Å². The summed E-state index contributed by atoms with van der Waals surface area (Å²) in [4.78, 5) is 26.7. The molecule has 2 N–H and O–H groups in total. The van der Waals surface area contributed by atoms with Gasteiger partial charge in [0.05, 0.1) is 16.1 Å². The summed E-state index contributed by atoms with van der Waals surface area (Å²) >= 11 is 0. The smallest absolute Gasteiger partial charge is 0.416 e. The maximum Gasteiger partial charge on any atom is 0.416 e. The molecule has 0 aliphatic heterocycles. The molecule has 0 atom stereocenters. The Balaban J connectivity index is 1.61. The van der Waals surface area contributed by atoms with Crippen LogP contribution in [0.4, 0.5) is 18.9 Å². The molecule has 3 aromatic rings. The fourth-order valence-corrected chi connectivity index (χ4v) is 2.46. The van der Waals surface area contributed by atoms with Crippen LogP contribution in [0, 0.1) is 10.1 Å². The van der Waals surface area contributed by atoms with Crippen molar-refractivity contribution in [3.8, 4) is 11.5 Å². The first kappa shape index (κ1) is 22.3. The number of nitrogens with zero attached hydrogens (tertiary/aromatic N) is 2. The third kappa shape index (κ3) is 5.59. The van der Waals surface area contributed by atoms with Gasteiger partial charge in [0.25, 0.3) is 5.69 Å². The van der Waals surface area contributed by atoms with Gasteiger partial charge in [-0.3, -0.25) is 10.1 Å². The topological polar surface area (TPSA) is 117 Å². The highest BCUT2D eigenvalue weighted by Crippen LogP contribution is 2.31. The number of rotatable bonds is 6. The minimum absolute atomic E-state index is 0.0486. The summed E-state index contributed by atoms with van der Waals surface area (Å²) in [5.41, 5.74) is 5.26. The predicted octanol–water partition coefficient (Wildman–Crippen LogP) is 4.88. The Bertz CT molecular complexity index is 1140. The molecule has 11 heteroatoms. The van der Waals surface area contributed by atoms with Crippen molar-refractivity contribution in [1.82, 2.24) is 0 Å². The van der Waals surface area contributed by atoms with Gasteiger partial charge in [0, 0.05) is 17.7 Å². The van der Waals surface area contributed by atoms with Crippen molar-refractivity contribution in [3.05, 3.63) is 99.6 Å². The number of hydrogen-bond donors (Lipinski definition) is 1. The van der Waals surface area contributed by atoms with Crippen molar-refractivity contribution in [2.75, 3.05) is 0 Å². The van der Waals surface area contributed by atoms with Crippen molar-refractivity contribution in [3.63, 3.8) is 0 Å². The lowest BCUT2D eigenvalue weighted by atomic mass is 10.2. The molecule has 0 spiro atoms. The maximum atomic E-state index is 12.6. The lowest BCUT2D eigenvalue weighted by molar-refractivity contribution is -0.384. The summed E-state index contributed by atoms with van der Waals surface area (Å²) in [6, 6.07) is 15.0. The van der Waals surface area contributed by atoms with Gasteiger partial charge in [0.15, 0.2) is 5.84 Å². The van der Waals surface area contributed by atoms with Crippen molar-refractivity contribution in [2.45, 2.75) is 6.18 Å². The van der Waals surface area contributed by atoms with Crippen LogP contribution in [0.15, 0.2) is 78.0 Å². The van der Waals surface area contributed by atoms with Crippen LogP contribution in [0.1, 0.15) is 21.5 Å². The molecule has 0 fully saturated rings. The van der Waals surface area contributed by atoms with Crippen LogP contribution < -0.4 is 10.5 Å². The Morgan fingerprint density at radius 1 is 0.875 bits per heavy atom. The number of non-ortho nitro benzene ring substituents is 1. The van der Waals surface area contributed by atoms with E-state index < -0.39 is 22.6 Å². The van der Waals surface area contributed by atoms with E-state index in [-0.39, 0.29) is 22.8 Å². The standard InChI is InChI=1S/C21H14F3N3O5/c22-21(23,24)15-5-11-18(12-6-15)31-17-9-3-13(4-10-17)19(25)26-32-20(28)14-1-7-16(8-2-14)27(29)30/h1-12H,(H2,25,26). The van der Waals surface area contributed by atoms with E-state index in [0.717, 1.165) is 24.3 Å². The second-order valence-electron chi connectivity index (χ2n) is 6.31. The lowest BCUT2D eigenvalue weighted by Gasteiger charge is -2.09. The van der Waals surface area contributed by atoms with Gasteiger partial charge in [-0.05, 0) is 60.7 Å². The molecule has 32 heavy (non-hydrogen) atoms. The van der Waals surface area contributed by atoms with Gasteiger partial charge >= 0.3 is 12.1 Å². The summed E-state index contributed by atoms with van der Waals surface area (Å²) in [6.07, 6.45) is -4.43. The van der Waals surface area contributed by atoms with E-state index in [1.54, 1.807) is 0 Å². The molecule has 0 aliphatic rings. The fourth-order valence-electron chi connectivity index (χ4n) is 2.46. The number of nitro groups is 1. The number of ether oxygens (including phenoxy) is 1. The van der Waals surface area contributed by atoms with E-state index >= 15 is 0 Å². The molecule has 164 valence electrons. The van der Waals surface area contributed by atoms with Crippen molar-refractivity contribution in [1.29, 1.82) is 0 Å². The Labute approximate surface area is 178 Å². The molecule has 0 amide bonds. The molecule has 0 heterocycles. The van der Waals surface area contributed by atoms with Gasteiger partial charge in [-0.2, -0.15) is 13.2 Å². The van der Waals surface area contributed by atoms with Gasteiger partial charge < -0.3 is 15.3 Å². The van der Waals surface area contributed by atoms with Gasteiger partial charge in [-0.25, -0.2) is 4.79 Å². The molecule has 0 saturated carbocycles. The highest BCUT2D eigenvalue weighted by Gasteiger charge is 2.30. The normalized spacial score (nSPS) is 11.7. The summed E-state index contributed by atoms with van der Waals surface area (Å²) in [6.45, 7) is 0. The number of nitrogens with two attached hydrogens (primary N) is 1. The third-order valence-corrected chi connectivity index (χ3v) is 4.11. The zero-order valence-electron chi connectivity index (χ0n) is 16.1. The van der Waals surface area contributed by atoms with Crippen molar-refractivity contribution >= 4 is 17.5 Å². The number of carbonyl (C=O) groups is 1. The number of oxime groups is 1. The minimum Gasteiger partial charge on any atom is -0.457 e. The number of benzene rings is 3. The van der Waals surface area contributed by atoms with E-state index in [0.29, 0.717) is 11.3 Å². The molecule has 3 aromatic carbocycles. The molecular formula is C21H14F3N3O5. The Morgan fingerprint density at radius 2 is 1.38 bits per heavy atom. The first-order chi connectivity index (χ1) is 15.1. The molecule has 0 radical (unpaired) electrons. The summed E-state index contributed by atoms with van der Waals surface area (Å²) in [7, 11) is 0. The van der Waals surface area contributed by atoms with E-state index in [1.807, 2.05) is 0 Å². The van der Waals surface area contributed by atoms with E-state index in [2.05, 4.69) is 5.16 Å². The molecule has 0 aromatic heterocycles. The number of hydrogen-bond acceptors (Lipinski definition) is 6.